The van der Waals surface area contributed by atoms with Gasteiger partial charge in [0.15, 0.2) is 5.65 Å². The van der Waals surface area contributed by atoms with Crippen molar-refractivity contribution in [3.63, 3.8) is 0 Å². The molecule has 4 aromatic heterocycles. The molecule has 0 aliphatic carbocycles. The summed E-state index contributed by atoms with van der Waals surface area (Å²) in [6.45, 7) is 8.39. The molecule has 0 spiro atoms. The Labute approximate surface area is 228 Å². The minimum absolute atomic E-state index is 0.0720. The van der Waals surface area contributed by atoms with Gasteiger partial charge in [0.05, 0.1) is 17.4 Å². The van der Waals surface area contributed by atoms with Crippen LogP contribution in [0.1, 0.15) is 42.4 Å². The maximum absolute atomic E-state index is 4.90. The van der Waals surface area contributed by atoms with Gasteiger partial charge in [-0.1, -0.05) is 6.07 Å². The third-order valence-electron chi connectivity index (χ3n) is 6.95. The van der Waals surface area contributed by atoms with E-state index in [0.29, 0.717) is 6.04 Å². The van der Waals surface area contributed by atoms with Gasteiger partial charge >= 0.3 is 0 Å². The first-order valence-electron chi connectivity index (χ1n) is 13.2. The van der Waals surface area contributed by atoms with E-state index in [4.69, 9.17) is 10.1 Å². The molecule has 1 atom stereocenters. The highest BCUT2D eigenvalue weighted by Crippen LogP contribution is 2.38. The zero-order chi connectivity index (χ0) is 27.3. The van der Waals surface area contributed by atoms with E-state index in [1.54, 1.807) is 6.33 Å². The highest BCUT2D eigenvalue weighted by atomic mass is 15.3. The summed E-state index contributed by atoms with van der Waals surface area (Å²) < 4.78 is 3.81. The van der Waals surface area contributed by atoms with Crippen molar-refractivity contribution in [3.8, 4) is 16.9 Å². The Morgan fingerprint density at radius 3 is 2.62 bits per heavy atom. The number of imidazole rings is 1. The van der Waals surface area contributed by atoms with Crippen molar-refractivity contribution in [1.29, 1.82) is 0 Å². The fourth-order valence-electron chi connectivity index (χ4n) is 5.29. The summed E-state index contributed by atoms with van der Waals surface area (Å²) in [6, 6.07) is 11.0. The van der Waals surface area contributed by atoms with Crippen molar-refractivity contribution in [3.05, 3.63) is 83.8 Å². The second-order valence-electron chi connectivity index (χ2n) is 10.4. The van der Waals surface area contributed by atoms with Gasteiger partial charge in [-0.15, -0.1) is 0 Å². The molecule has 1 aliphatic heterocycles. The quantitative estimate of drug-likeness (QED) is 0.277. The van der Waals surface area contributed by atoms with Crippen LogP contribution in [0.3, 0.4) is 0 Å². The summed E-state index contributed by atoms with van der Waals surface area (Å²) in [5.74, 6) is 0.843. The molecule has 0 amide bonds. The molecule has 5 heterocycles. The molecule has 0 saturated carbocycles. The van der Waals surface area contributed by atoms with E-state index in [9.17, 15) is 0 Å². The first kappa shape index (κ1) is 24.8. The highest BCUT2D eigenvalue weighted by Gasteiger charge is 2.27. The van der Waals surface area contributed by atoms with Crippen molar-refractivity contribution in [1.82, 2.24) is 34.6 Å². The molecule has 9 heteroatoms. The Kier molecular flexibility index (Phi) is 6.15. The van der Waals surface area contributed by atoms with Crippen LogP contribution >= 0.6 is 0 Å². The van der Waals surface area contributed by atoms with Crippen LogP contribution in [0.2, 0.25) is 0 Å². The van der Waals surface area contributed by atoms with Crippen LogP contribution in [-0.4, -0.2) is 42.4 Å². The molecule has 6 rings (SSSR count). The summed E-state index contributed by atoms with van der Waals surface area (Å²) >= 11 is 0. The average molecular weight is 520 g/mol. The average Bonchev–Trinajstić information content (AvgIpc) is 3.49. The van der Waals surface area contributed by atoms with Gasteiger partial charge in [-0.2, -0.15) is 5.10 Å². The Morgan fingerprint density at radius 1 is 1.03 bits per heavy atom. The van der Waals surface area contributed by atoms with Crippen molar-refractivity contribution >= 4 is 28.1 Å². The molecule has 9 nitrogen and oxygen atoms in total. The lowest BCUT2D eigenvalue weighted by molar-refractivity contribution is 0.700. The van der Waals surface area contributed by atoms with Crippen LogP contribution in [0.4, 0.5) is 11.4 Å². The van der Waals surface area contributed by atoms with E-state index in [0.717, 1.165) is 62.0 Å². The second kappa shape index (κ2) is 9.67. The SMILES string of the molecule is CNC1C=C(c2nn(C)c3ncc(-c4cc(C)cc(NC(C)C)c4)cc23)Nc2ccnc(-n3cnc(C)c3)c21. The lowest BCUT2D eigenvalue weighted by atomic mass is 9.98. The van der Waals surface area contributed by atoms with Gasteiger partial charge in [0.25, 0.3) is 0 Å². The van der Waals surface area contributed by atoms with Crippen LogP contribution in [0.15, 0.2) is 61.3 Å². The summed E-state index contributed by atoms with van der Waals surface area (Å²) in [5.41, 5.74) is 10.1. The van der Waals surface area contributed by atoms with Gasteiger partial charge in [-0.3, -0.25) is 4.57 Å². The fraction of sp³-hybridized carbons (Fsp3) is 0.267. The summed E-state index contributed by atoms with van der Waals surface area (Å²) in [5, 5.41) is 16.5. The molecule has 198 valence electrons. The maximum Gasteiger partial charge on any atom is 0.158 e. The number of nitrogens with one attached hydrogen (secondary N) is 3. The fourth-order valence-corrected chi connectivity index (χ4v) is 5.29. The van der Waals surface area contributed by atoms with E-state index in [-0.39, 0.29) is 6.04 Å². The largest absolute Gasteiger partial charge is 0.383 e. The first-order valence-corrected chi connectivity index (χ1v) is 13.2. The van der Waals surface area contributed by atoms with Gasteiger partial charge in [0, 0.05) is 59.6 Å². The van der Waals surface area contributed by atoms with Crippen LogP contribution in [0.5, 0.6) is 0 Å². The number of benzene rings is 1. The Balaban J connectivity index is 1.44. The first-order chi connectivity index (χ1) is 18.8. The van der Waals surface area contributed by atoms with Crippen molar-refractivity contribution in [2.45, 2.75) is 39.8 Å². The summed E-state index contributed by atoms with van der Waals surface area (Å²) in [7, 11) is 3.90. The number of fused-ring (bicyclic) bond motifs is 2. The maximum atomic E-state index is 4.90. The highest BCUT2D eigenvalue weighted by molar-refractivity contribution is 5.95. The van der Waals surface area contributed by atoms with Gasteiger partial charge in [-0.25, -0.2) is 19.6 Å². The second-order valence-corrected chi connectivity index (χ2v) is 10.4. The smallest absolute Gasteiger partial charge is 0.158 e. The molecule has 1 unspecified atom stereocenters. The molecule has 0 saturated heterocycles. The zero-order valence-electron chi connectivity index (χ0n) is 23.1. The molecule has 1 aromatic carbocycles. The van der Waals surface area contributed by atoms with Crippen LogP contribution in [0.25, 0.3) is 33.7 Å². The third kappa shape index (κ3) is 4.55. The van der Waals surface area contributed by atoms with Gasteiger partial charge in [-0.05, 0) is 76.2 Å². The molecule has 1 aliphatic rings. The molecule has 3 N–H and O–H groups in total. The Hall–Kier alpha value is -4.50. The molecular formula is C30H33N9. The van der Waals surface area contributed by atoms with E-state index >= 15 is 0 Å². The van der Waals surface area contributed by atoms with Gasteiger partial charge < -0.3 is 16.0 Å². The van der Waals surface area contributed by atoms with E-state index in [2.05, 4.69) is 77.0 Å². The van der Waals surface area contributed by atoms with Crippen LogP contribution in [0, 0.1) is 13.8 Å². The predicted octanol–water partition coefficient (Wildman–Crippen LogP) is 5.38. The minimum atomic E-state index is -0.0720. The Morgan fingerprint density at radius 2 is 1.87 bits per heavy atom. The van der Waals surface area contributed by atoms with Crippen molar-refractivity contribution in [2.24, 2.45) is 7.05 Å². The zero-order valence-corrected chi connectivity index (χ0v) is 23.1. The topological polar surface area (TPSA) is 97.5 Å². The number of hydrogen-bond donors (Lipinski definition) is 3. The molecule has 0 radical (unpaired) electrons. The predicted molar refractivity (Wildman–Crippen MR) is 157 cm³/mol. The van der Waals surface area contributed by atoms with Gasteiger partial charge in [0.1, 0.15) is 17.8 Å². The molecule has 0 fully saturated rings. The number of rotatable bonds is 6. The lowest BCUT2D eigenvalue weighted by Crippen LogP contribution is -2.23. The van der Waals surface area contributed by atoms with Crippen molar-refractivity contribution in [2.75, 3.05) is 17.7 Å². The molecular weight excluding hydrogens is 486 g/mol. The molecule has 0 bridgehead atoms. The number of aryl methyl sites for hydroxylation is 3. The van der Waals surface area contributed by atoms with E-state index in [1.165, 1.54) is 5.56 Å². The van der Waals surface area contributed by atoms with E-state index < -0.39 is 0 Å². The monoisotopic (exact) mass is 519 g/mol. The van der Waals surface area contributed by atoms with E-state index in [1.807, 2.05) is 54.9 Å². The van der Waals surface area contributed by atoms with Crippen LogP contribution in [-0.2, 0) is 7.05 Å². The Bertz CT molecular complexity index is 1720. The normalized spacial score (nSPS) is 14.8. The van der Waals surface area contributed by atoms with Crippen LogP contribution < -0.4 is 16.0 Å². The summed E-state index contributed by atoms with van der Waals surface area (Å²) in [6.07, 6.45) is 9.71. The van der Waals surface area contributed by atoms with Gasteiger partial charge in [0.2, 0.25) is 0 Å². The minimum Gasteiger partial charge on any atom is -0.383 e. The number of pyridine rings is 2. The number of nitrogens with zero attached hydrogens (tertiary/aromatic N) is 6. The standard InChI is InChI=1S/C30H33N9/c1-17(2)35-22-10-18(3)9-20(11-22)21-12-23-28(37-38(6)29(23)33-14-21)26-13-25(31-5)27-24(36-26)7-8-32-30(27)39-15-19(4)34-16-39/h7-17,25,31,35-36H,1-6H3. The van der Waals surface area contributed by atoms with Crippen molar-refractivity contribution < 1.29 is 0 Å². The molecule has 39 heavy (non-hydrogen) atoms. The lowest BCUT2D eigenvalue weighted by Gasteiger charge is -2.27. The third-order valence-corrected chi connectivity index (χ3v) is 6.95. The number of hydrogen-bond acceptors (Lipinski definition) is 7. The number of likely N-dealkylation sites (N-methyl/N-ethyl adjacent to an activating group) is 1. The number of anilines is 2. The summed E-state index contributed by atoms with van der Waals surface area (Å²) in [4.78, 5) is 13.9. The molecule has 5 aromatic rings. The number of aromatic nitrogens is 6.